The number of nitrogens with zero attached hydrogens (tertiary/aromatic N) is 2. The average Bonchev–Trinajstić information content (AvgIpc) is 3.03. The van der Waals surface area contributed by atoms with Crippen LogP contribution in [0.2, 0.25) is 0 Å². The maximum atomic E-state index is 12.8. The number of carbonyl (C=O) groups excluding carboxylic acids is 1. The Morgan fingerprint density at radius 3 is 3.08 bits per heavy atom. The molecule has 1 aromatic carbocycles. The molecule has 3 atom stereocenters. The van der Waals surface area contributed by atoms with Crippen molar-refractivity contribution < 1.29 is 14.6 Å². The van der Waals surface area contributed by atoms with Gasteiger partial charge in [0.2, 0.25) is 0 Å². The fraction of sp³-hybridized carbons (Fsp3) is 0.474. The molecule has 4 rings (SSSR count). The van der Waals surface area contributed by atoms with Crippen molar-refractivity contribution >= 4 is 16.8 Å². The molecule has 25 heavy (non-hydrogen) atoms. The van der Waals surface area contributed by atoms with Gasteiger partial charge in [-0.3, -0.25) is 14.7 Å². The number of nitrogens with one attached hydrogen (secondary N) is 1. The van der Waals surface area contributed by atoms with Gasteiger partial charge in [-0.1, -0.05) is 18.2 Å². The van der Waals surface area contributed by atoms with Crippen molar-refractivity contribution in [3.05, 3.63) is 42.1 Å². The molecule has 3 heterocycles. The van der Waals surface area contributed by atoms with Gasteiger partial charge < -0.3 is 15.2 Å². The van der Waals surface area contributed by atoms with Crippen LogP contribution in [0.25, 0.3) is 10.9 Å². The smallest absolute Gasteiger partial charge is 0.253 e. The van der Waals surface area contributed by atoms with Gasteiger partial charge in [-0.05, 0) is 25.0 Å². The lowest BCUT2D eigenvalue weighted by Gasteiger charge is -2.34. The van der Waals surface area contributed by atoms with Crippen LogP contribution in [0, 0.1) is 0 Å². The largest absolute Gasteiger partial charge is 0.396 e. The Bertz CT molecular complexity index is 761. The summed E-state index contributed by atoms with van der Waals surface area (Å²) in [5, 5.41) is 13.2. The molecule has 2 N–H and O–H groups in total. The number of pyridine rings is 1. The zero-order chi connectivity index (χ0) is 17.2. The zero-order valence-corrected chi connectivity index (χ0v) is 14.1. The fourth-order valence-electron chi connectivity index (χ4n) is 3.92. The summed E-state index contributed by atoms with van der Waals surface area (Å²) in [4.78, 5) is 19.5. The molecule has 2 saturated heterocycles. The molecule has 2 aliphatic heterocycles. The Morgan fingerprint density at radius 2 is 2.20 bits per heavy atom. The molecule has 0 spiro atoms. The second-order valence-electron chi connectivity index (χ2n) is 6.86. The highest BCUT2D eigenvalue weighted by molar-refractivity contribution is 6.05. The number of benzene rings is 1. The van der Waals surface area contributed by atoms with Crippen LogP contribution in [0.15, 0.2) is 36.5 Å². The van der Waals surface area contributed by atoms with Crippen LogP contribution in [-0.2, 0) is 4.74 Å². The van der Waals surface area contributed by atoms with Crippen molar-refractivity contribution in [2.24, 2.45) is 0 Å². The summed E-state index contributed by atoms with van der Waals surface area (Å²) in [6.45, 7) is 2.48. The second-order valence-corrected chi connectivity index (χ2v) is 6.86. The number of rotatable bonds is 4. The Morgan fingerprint density at radius 1 is 1.32 bits per heavy atom. The van der Waals surface area contributed by atoms with Gasteiger partial charge in [0.1, 0.15) is 0 Å². The van der Waals surface area contributed by atoms with Gasteiger partial charge in [0, 0.05) is 43.4 Å². The number of amides is 1. The first-order chi connectivity index (χ1) is 12.2. The van der Waals surface area contributed by atoms with Gasteiger partial charge in [0.05, 0.1) is 23.8 Å². The Labute approximate surface area is 146 Å². The molecule has 0 aliphatic carbocycles. The van der Waals surface area contributed by atoms with Crippen LogP contribution in [0.1, 0.15) is 23.2 Å². The summed E-state index contributed by atoms with van der Waals surface area (Å²) in [5.41, 5.74) is 1.36. The van der Waals surface area contributed by atoms with Crippen LogP contribution in [0.5, 0.6) is 0 Å². The number of carbonyl (C=O) groups is 1. The molecule has 2 aromatic rings. The Balaban J connectivity index is 1.43. The van der Waals surface area contributed by atoms with Gasteiger partial charge in [-0.25, -0.2) is 0 Å². The molecule has 0 unspecified atom stereocenters. The minimum Gasteiger partial charge on any atom is -0.396 e. The summed E-state index contributed by atoms with van der Waals surface area (Å²) < 4.78 is 5.80. The molecule has 132 valence electrons. The number of ether oxygens (including phenoxy) is 1. The summed E-state index contributed by atoms with van der Waals surface area (Å²) in [6.07, 6.45) is 3.38. The van der Waals surface area contributed by atoms with Crippen molar-refractivity contribution in [3.63, 3.8) is 0 Å². The third-order valence-electron chi connectivity index (χ3n) is 5.15. The quantitative estimate of drug-likeness (QED) is 0.874. The number of fused-ring (bicyclic) bond motifs is 2. The lowest BCUT2D eigenvalue weighted by molar-refractivity contribution is -0.0566. The molecule has 1 amide bonds. The Hall–Kier alpha value is -2.02. The number of aliphatic hydroxyl groups is 1. The molecule has 6 nitrogen and oxygen atoms in total. The van der Waals surface area contributed by atoms with E-state index in [0.717, 1.165) is 30.4 Å². The van der Waals surface area contributed by atoms with E-state index < -0.39 is 0 Å². The van der Waals surface area contributed by atoms with Crippen LogP contribution in [-0.4, -0.2) is 65.4 Å². The van der Waals surface area contributed by atoms with Gasteiger partial charge in [0.25, 0.3) is 5.91 Å². The van der Waals surface area contributed by atoms with E-state index in [1.807, 2.05) is 30.3 Å². The van der Waals surface area contributed by atoms with Crippen LogP contribution in [0.4, 0.5) is 0 Å². The van der Waals surface area contributed by atoms with Gasteiger partial charge in [-0.2, -0.15) is 0 Å². The van der Waals surface area contributed by atoms with E-state index in [9.17, 15) is 4.79 Å². The van der Waals surface area contributed by atoms with Crippen molar-refractivity contribution in [3.8, 4) is 0 Å². The summed E-state index contributed by atoms with van der Waals surface area (Å²) in [5.74, 6) is -0.0676. The summed E-state index contributed by atoms with van der Waals surface area (Å²) in [6, 6.07) is 10.00. The fourth-order valence-corrected chi connectivity index (χ4v) is 3.92. The van der Waals surface area contributed by atoms with Crippen molar-refractivity contribution in [1.82, 2.24) is 15.2 Å². The second kappa shape index (κ2) is 7.07. The highest BCUT2D eigenvalue weighted by Crippen LogP contribution is 2.25. The first kappa shape index (κ1) is 16.4. The number of para-hydroxylation sites is 1. The zero-order valence-electron chi connectivity index (χ0n) is 14.1. The van der Waals surface area contributed by atoms with Gasteiger partial charge in [-0.15, -0.1) is 0 Å². The molecule has 1 aromatic heterocycles. The van der Waals surface area contributed by atoms with Crippen LogP contribution in [0.3, 0.4) is 0 Å². The highest BCUT2D eigenvalue weighted by Gasteiger charge is 2.37. The minimum atomic E-state index is -0.0676. The lowest BCUT2D eigenvalue weighted by atomic mass is 10.1. The molecule has 0 radical (unpaired) electrons. The normalized spacial score (nSPS) is 26.5. The van der Waals surface area contributed by atoms with E-state index in [1.165, 1.54) is 0 Å². The first-order valence-electron chi connectivity index (χ1n) is 8.85. The number of morpholine rings is 1. The van der Waals surface area contributed by atoms with E-state index >= 15 is 0 Å². The van der Waals surface area contributed by atoms with Crippen molar-refractivity contribution in [2.45, 2.75) is 31.0 Å². The molecular formula is C19H23N3O3. The molecule has 6 heteroatoms. The van der Waals surface area contributed by atoms with Crippen molar-refractivity contribution in [2.75, 3.05) is 26.3 Å². The number of hydrogen-bond acceptors (Lipinski definition) is 5. The number of aromatic nitrogens is 1. The van der Waals surface area contributed by atoms with E-state index in [2.05, 4.69) is 15.2 Å². The maximum Gasteiger partial charge on any atom is 0.253 e. The SMILES string of the molecule is O=C(N[C@H]1C[C@H]2CO[C@@H](CCO)CN2C1)c1cccc2cccnc12. The Kier molecular flexibility index (Phi) is 4.65. The minimum absolute atomic E-state index is 0.0676. The third-order valence-corrected chi connectivity index (χ3v) is 5.15. The van der Waals surface area contributed by atoms with E-state index in [4.69, 9.17) is 9.84 Å². The predicted molar refractivity (Wildman–Crippen MR) is 94.4 cm³/mol. The molecule has 2 fully saturated rings. The predicted octanol–water partition coefficient (Wildman–Crippen LogP) is 1.19. The number of hydrogen-bond donors (Lipinski definition) is 2. The summed E-state index contributed by atoms with van der Waals surface area (Å²) >= 11 is 0. The monoisotopic (exact) mass is 341 g/mol. The maximum absolute atomic E-state index is 12.8. The van der Waals surface area contributed by atoms with Crippen LogP contribution < -0.4 is 5.32 Å². The van der Waals surface area contributed by atoms with Crippen LogP contribution >= 0.6 is 0 Å². The molecule has 2 aliphatic rings. The topological polar surface area (TPSA) is 74.7 Å². The molecule has 0 saturated carbocycles. The molecule has 0 bridgehead atoms. The highest BCUT2D eigenvalue weighted by atomic mass is 16.5. The van der Waals surface area contributed by atoms with E-state index in [1.54, 1.807) is 6.20 Å². The van der Waals surface area contributed by atoms with E-state index in [0.29, 0.717) is 24.6 Å². The first-order valence-corrected chi connectivity index (χ1v) is 8.85. The lowest BCUT2D eigenvalue weighted by Crippen LogP contribution is -2.46. The average molecular weight is 341 g/mol. The van der Waals surface area contributed by atoms with Gasteiger partial charge in [0.15, 0.2) is 0 Å². The molecular weight excluding hydrogens is 318 g/mol. The third kappa shape index (κ3) is 3.38. The van der Waals surface area contributed by atoms with Gasteiger partial charge >= 0.3 is 0 Å². The standard InChI is InChI=1S/C19H23N3O3/c23-8-6-16-11-22-10-14(9-15(22)12-25-16)21-19(24)17-5-1-3-13-4-2-7-20-18(13)17/h1-5,7,14-16,23H,6,8-12H2,(H,21,24)/t14-,15-,16-/m0/s1. The summed E-state index contributed by atoms with van der Waals surface area (Å²) in [7, 11) is 0. The number of aliphatic hydroxyl groups excluding tert-OH is 1. The van der Waals surface area contributed by atoms with Crippen molar-refractivity contribution in [1.29, 1.82) is 0 Å². The van der Waals surface area contributed by atoms with E-state index in [-0.39, 0.29) is 24.7 Å².